The molecule has 0 aliphatic heterocycles. The summed E-state index contributed by atoms with van der Waals surface area (Å²) in [5.41, 5.74) is 1.47. The van der Waals surface area contributed by atoms with Crippen molar-refractivity contribution in [3.63, 3.8) is 0 Å². The number of aromatic amines is 1. The molecule has 4 rings (SSSR count). The van der Waals surface area contributed by atoms with Crippen LogP contribution >= 0.6 is 0 Å². The highest BCUT2D eigenvalue weighted by Crippen LogP contribution is 2.28. The van der Waals surface area contributed by atoms with Crippen molar-refractivity contribution in [2.45, 2.75) is 52.4 Å². The van der Waals surface area contributed by atoms with E-state index in [1.165, 1.54) is 23.9 Å². The number of aryl methyl sites for hydroxylation is 1. The average Bonchev–Trinajstić information content (AvgIpc) is 3.36. The van der Waals surface area contributed by atoms with Crippen LogP contribution in [0.5, 0.6) is 0 Å². The fraction of sp³-hybridized carbons (Fsp3) is 0.429. The zero-order valence-corrected chi connectivity index (χ0v) is 16.7. The number of furan rings is 1. The van der Waals surface area contributed by atoms with Gasteiger partial charge in [0, 0.05) is 23.7 Å². The zero-order chi connectivity index (χ0) is 20.4. The molecule has 0 bridgehead atoms. The minimum atomic E-state index is -0.234. The SMILES string of the molecule is Cc1nc(-n2nc(-c3ccco3)cc2NC(=O)CC2CCCCC2)[nH]c(=O)c1C. The Morgan fingerprint density at radius 1 is 1.31 bits per heavy atom. The molecule has 0 aromatic carbocycles. The van der Waals surface area contributed by atoms with Gasteiger partial charge in [0.05, 0.1) is 6.26 Å². The first-order valence-electron chi connectivity index (χ1n) is 10.0. The van der Waals surface area contributed by atoms with Gasteiger partial charge in [0.2, 0.25) is 11.9 Å². The largest absolute Gasteiger partial charge is 0.463 e. The Morgan fingerprint density at radius 3 is 2.79 bits per heavy atom. The number of amides is 1. The summed E-state index contributed by atoms with van der Waals surface area (Å²) in [5, 5.41) is 7.46. The summed E-state index contributed by atoms with van der Waals surface area (Å²) in [7, 11) is 0. The molecule has 1 aliphatic carbocycles. The van der Waals surface area contributed by atoms with Crippen molar-refractivity contribution in [2.75, 3.05) is 5.32 Å². The Labute approximate surface area is 168 Å². The molecule has 1 amide bonds. The van der Waals surface area contributed by atoms with E-state index in [1.807, 2.05) is 0 Å². The summed E-state index contributed by atoms with van der Waals surface area (Å²) < 4.78 is 6.88. The second-order valence-corrected chi connectivity index (χ2v) is 7.66. The van der Waals surface area contributed by atoms with Gasteiger partial charge in [-0.05, 0) is 44.7 Å². The summed E-state index contributed by atoms with van der Waals surface area (Å²) >= 11 is 0. The van der Waals surface area contributed by atoms with Crippen molar-refractivity contribution < 1.29 is 9.21 Å². The molecule has 2 N–H and O–H groups in total. The highest BCUT2D eigenvalue weighted by molar-refractivity contribution is 5.90. The Hall–Kier alpha value is -3.16. The van der Waals surface area contributed by atoms with E-state index >= 15 is 0 Å². The highest BCUT2D eigenvalue weighted by atomic mass is 16.3. The number of H-pyrrole nitrogens is 1. The Balaban J connectivity index is 1.66. The predicted molar refractivity (Wildman–Crippen MR) is 109 cm³/mol. The lowest BCUT2D eigenvalue weighted by Crippen LogP contribution is -2.22. The molecule has 152 valence electrons. The van der Waals surface area contributed by atoms with Crippen LogP contribution in [0.15, 0.2) is 33.7 Å². The quantitative estimate of drug-likeness (QED) is 0.684. The summed E-state index contributed by atoms with van der Waals surface area (Å²) in [6.07, 6.45) is 7.86. The van der Waals surface area contributed by atoms with Crippen LogP contribution in [-0.4, -0.2) is 25.7 Å². The van der Waals surface area contributed by atoms with Gasteiger partial charge in [-0.2, -0.15) is 9.78 Å². The van der Waals surface area contributed by atoms with Gasteiger partial charge in [-0.1, -0.05) is 19.3 Å². The first-order chi connectivity index (χ1) is 14.0. The molecule has 1 saturated carbocycles. The normalized spacial score (nSPS) is 14.8. The number of aromatic nitrogens is 4. The standard InChI is InChI=1S/C21H25N5O3/c1-13-14(2)22-21(24-20(13)28)26-18(12-16(25-26)17-9-6-10-29-17)23-19(27)11-15-7-4-3-5-8-15/h6,9-10,12,15H,3-5,7-8,11H2,1-2H3,(H,23,27)(H,22,24,28). The van der Waals surface area contributed by atoms with Crippen molar-refractivity contribution in [1.82, 2.24) is 19.7 Å². The highest BCUT2D eigenvalue weighted by Gasteiger charge is 2.21. The van der Waals surface area contributed by atoms with Gasteiger partial charge in [0.25, 0.3) is 5.56 Å². The Bertz CT molecular complexity index is 1060. The summed E-state index contributed by atoms with van der Waals surface area (Å²) in [4.78, 5) is 32.1. The van der Waals surface area contributed by atoms with Crippen LogP contribution in [0, 0.1) is 19.8 Å². The summed E-state index contributed by atoms with van der Waals surface area (Å²) in [6.45, 7) is 3.49. The maximum absolute atomic E-state index is 12.7. The molecular weight excluding hydrogens is 370 g/mol. The molecule has 3 aromatic rings. The van der Waals surface area contributed by atoms with Crippen molar-refractivity contribution in [3.05, 3.63) is 46.1 Å². The topological polar surface area (TPSA) is 106 Å². The van der Waals surface area contributed by atoms with E-state index in [0.717, 1.165) is 12.8 Å². The molecule has 8 nitrogen and oxygen atoms in total. The van der Waals surface area contributed by atoms with Crippen molar-refractivity contribution >= 4 is 11.7 Å². The first kappa shape index (κ1) is 19.2. The lowest BCUT2D eigenvalue weighted by molar-refractivity contribution is -0.117. The third kappa shape index (κ3) is 4.16. The van der Waals surface area contributed by atoms with Gasteiger partial charge < -0.3 is 9.73 Å². The molecule has 1 fully saturated rings. The van der Waals surface area contributed by atoms with Crippen molar-refractivity contribution in [1.29, 1.82) is 0 Å². The third-order valence-corrected chi connectivity index (χ3v) is 5.53. The molecule has 0 saturated heterocycles. The minimum absolute atomic E-state index is 0.0600. The number of nitrogens with zero attached hydrogens (tertiary/aromatic N) is 3. The second-order valence-electron chi connectivity index (χ2n) is 7.66. The monoisotopic (exact) mass is 395 g/mol. The van der Waals surface area contributed by atoms with Crippen molar-refractivity contribution in [3.8, 4) is 17.4 Å². The van der Waals surface area contributed by atoms with Gasteiger partial charge in [-0.15, -0.1) is 0 Å². The molecule has 0 unspecified atom stereocenters. The zero-order valence-electron chi connectivity index (χ0n) is 16.7. The summed E-state index contributed by atoms with van der Waals surface area (Å²) in [6, 6.07) is 5.29. The first-order valence-corrected chi connectivity index (χ1v) is 10.0. The van der Waals surface area contributed by atoms with Crippen LogP contribution in [0.3, 0.4) is 0 Å². The smallest absolute Gasteiger partial charge is 0.255 e. The minimum Gasteiger partial charge on any atom is -0.463 e. The Morgan fingerprint density at radius 2 is 2.10 bits per heavy atom. The third-order valence-electron chi connectivity index (χ3n) is 5.53. The maximum Gasteiger partial charge on any atom is 0.255 e. The molecule has 0 atom stereocenters. The van der Waals surface area contributed by atoms with Crippen LogP contribution in [0.1, 0.15) is 49.8 Å². The van der Waals surface area contributed by atoms with E-state index < -0.39 is 0 Å². The molecule has 3 heterocycles. The van der Waals surface area contributed by atoms with Crippen LogP contribution in [0.2, 0.25) is 0 Å². The maximum atomic E-state index is 12.7. The Kier molecular flexibility index (Phi) is 5.33. The van der Waals surface area contributed by atoms with Gasteiger partial charge in [0.1, 0.15) is 11.5 Å². The van der Waals surface area contributed by atoms with E-state index in [1.54, 1.807) is 38.3 Å². The van der Waals surface area contributed by atoms with Crippen LogP contribution in [-0.2, 0) is 4.79 Å². The number of carbonyl (C=O) groups is 1. The fourth-order valence-corrected chi connectivity index (χ4v) is 3.75. The molecular formula is C21H25N5O3. The molecule has 3 aromatic heterocycles. The van der Waals surface area contributed by atoms with Gasteiger partial charge in [0.15, 0.2) is 5.76 Å². The van der Waals surface area contributed by atoms with Gasteiger partial charge >= 0.3 is 0 Å². The number of carbonyl (C=O) groups excluding carboxylic acids is 1. The van der Waals surface area contributed by atoms with Crippen molar-refractivity contribution in [2.24, 2.45) is 5.92 Å². The number of rotatable bonds is 5. The van der Waals surface area contributed by atoms with Crippen LogP contribution in [0.25, 0.3) is 17.4 Å². The number of nitrogens with one attached hydrogen (secondary N) is 2. The lowest BCUT2D eigenvalue weighted by Gasteiger charge is -2.20. The van der Waals surface area contributed by atoms with Crippen LogP contribution in [0.4, 0.5) is 5.82 Å². The molecule has 8 heteroatoms. The molecule has 29 heavy (non-hydrogen) atoms. The van der Waals surface area contributed by atoms with Gasteiger partial charge in [-0.3, -0.25) is 14.6 Å². The summed E-state index contributed by atoms with van der Waals surface area (Å²) in [5.74, 6) is 1.63. The fourth-order valence-electron chi connectivity index (χ4n) is 3.75. The van der Waals surface area contributed by atoms with E-state index in [9.17, 15) is 9.59 Å². The number of anilines is 1. The van der Waals surface area contributed by atoms with Gasteiger partial charge in [-0.25, -0.2) is 4.98 Å². The average molecular weight is 395 g/mol. The van der Waals surface area contributed by atoms with E-state index in [0.29, 0.717) is 40.9 Å². The van der Waals surface area contributed by atoms with Crippen LogP contribution < -0.4 is 10.9 Å². The van der Waals surface area contributed by atoms with E-state index in [2.05, 4.69) is 20.4 Å². The number of hydrogen-bond donors (Lipinski definition) is 2. The second kappa shape index (κ2) is 8.06. The molecule has 1 aliphatic rings. The predicted octanol–water partition coefficient (Wildman–Crippen LogP) is 3.74. The number of hydrogen-bond acceptors (Lipinski definition) is 5. The van der Waals surface area contributed by atoms with E-state index in [4.69, 9.17) is 4.42 Å². The lowest BCUT2D eigenvalue weighted by atomic mass is 9.87. The van der Waals surface area contributed by atoms with E-state index in [-0.39, 0.29) is 17.4 Å². The molecule has 0 radical (unpaired) electrons. The molecule has 0 spiro atoms.